The van der Waals surface area contributed by atoms with E-state index >= 15 is 0 Å². The molecule has 0 saturated heterocycles. The molecule has 0 aromatic rings. The third-order valence-electron chi connectivity index (χ3n) is 3.88. The van der Waals surface area contributed by atoms with Gasteiger partial charge in [0.2, 0.25) is 5.91 Å². The van der Waals surface area contributed by atoms with E-state index in [4.69, 9.17) is 5.73 Å². The number of aliphatic carboxylic acids is 1. The zero-order valence-corrected chi connectivity index (χ0v) is 17.1. The van der Waals surface area contributed by atoms with Gasteiger partial charge in [0.15, 0.2) is 0 Å². The summed E-state index contributed by atoms with van der Waals surface area (Å²) in [6.45, 7) is 2.88. The Morgan fingerprint density at radius 1 is 0.957 bits per heavy atom. The number of unbranched alkanes of at least 4 members (excludes halogenated alkanes) is 9. The van der Waals surface area contributed by atoms with Gasteiger partial charge in [0.05, 0.1) is 5.97 Å². The SMILES string of the molecule is CCCCCCCCCCCCN[C@@H](CCC(N)=O)C(=O)[O-].[Na+]. The molecule has 0 aliphatic rings. The summed E-state index contributed by atoms with van der Waals surface area (Å²) in [7, 11) is 0. The standard InChI is InChI=1S/C17H34N2O3.Na/c1-2-3-4-5-6-7-8-9-10-11-14-19-15(17(21)22)12-13-16(18)20;/h15,19H,2-14H2,1H3,(H2,18,20)(H,21,22);/q;+1/p-1/t15-;/m0./s1. The van der Waals surface area contributed by atoms with Crippen molar-refractivity contribution in [3.05, 3.63) is 0 Å². The summed E-state index contributed by atoms with van der Waals surface area (Å²) in [5.74, 6) is -1.64. The van der Waals surface area contributed by atoms with E-state index in [1.54, 1.807) is 0 Å². The maximum atomic E-state index is 10.9. The Hall–Kier alpha value is -0.100. The van der Waals surface area contributed by atoms with E-state index in [2.05, 4.69) is 12.2 Å². The molecule has 130 valence electrons. The molecule has 1 atom stereocenters. The summed E-state index contributed by atoms with van der Waals surface area (Å²) < 4.78 is 0. The molecule has 0 aromatic carbocycles. The number of carboxylic acids is 1. The predicted molar refractivity (Wildman–Crippen MR) is 87.1 cm³/mol. The third-order valence-corrected chi connectivity index (χ3v) is 3.88. The van der Waals surface area contributed by atoms with Crippen molar-refractivity contribution in [2.75, 3.05) is 6.54 Å². The second kappa shape index (κ2) is 18.2. The van der Waals surface area contributed by atoms with Gasteiger partial charge in [-0.3, -0.25) is 4.79 Å². The average Bonchev–Trinajstić information content (AvgIpc) is 2.47. The summed E-state index contributed by atoms with van der Waals surface area (Å²) in [6, 6.07) is -0.772. The van der Waals surface area contributed by atoms with Crippen LogP contribution in [0, 0.1) is 0 Å². The first kappa shape index (κ1) is 25.1. The molecule has 3 N–H and O–H groups in total. The monoisotopic (exact) mass is 336 g/mol. The average molecular weight is 336 g/mol. The van der Waals surface area contributed by atoms with E-state index in [0.717, 1.165) is 12.8 Å². The number of carbonyl (C=O) groups is 2. The molecule has 23 heavy (non-hydrogen) atoms. The summed E-state index contributed by atoms with van der Waals surface area (Å²) in [6.07, 6.45) is 12.8. The zero-order chi connectivity index (χ0) is 16.6. The molecule has 0 aliphatic carbocycles. The first-order valence-electron chi connectivity index (χ1n) is 8.80. The van der Waals surface area contributed by atoms with E-state index in [1.807, 2.05) is 0 Å². The number of amides is 1. The van der Waals surface area contributed by atoms with Gasteiger partial charge in [-0.05, 0) is 19.4 Å². The minimum atomic E-state index is -1.16. The van der Waals surface area contributed by atoms with Crippen molar-refractivity contribution in [3.63, 3.8) is 0 Å². The number of hydrogen-bond acceptors (Lipinski definition) is 4. The van der Waals surface area contributed by atoms with Crippen LogP contribution >= 0.6 is 0 Å². The van der Waals surface area contributed by atoms with Crippen molar-refractivity contribution in [2.45, 2.75) is 90.0 Å². The molecule has 6 heteroatoms. The minimum absolute atomic E-state index is 0. The van der Waals surface area contributed by atoms with E-state index in [-0.39, 0.29) is 42.4 Å². The molecule has 0 spiro atoms. The van der Waals surface area contributed by atoms with Crippen molar-refractivity contribution in [1.29, 1.82) is 0 Å². The molecule has 0 aliphatic heterocycles. The number of primary amides is 1. The second-order valence-corrected chi connectivity index (χ2v) is 6.01. The number of rotatable bonds is 16. The summed E-state index contributed by atoms with van der Waals surface area (Å²) in [5, 5.41) is 13.8. The molecule has 1 amide bonds. The molecule has 5 nitrogen and oxygen atoms in total. The van der Waals surface area contributed by atoms with Gasteiger partial charge in [0.1, 0.15) is 0 Å². The number of nitrogens with two attached hydrogens (primary N) is 1. The zero-order valence-electron chi connectivity index (χ0n) is 15.1. The number of carboxylic acid groups (broad SMARTS) is 1. The van der Waals surface area contributed by atoms with Crippen LogP contribution in [-0.2, 0) is 9.59 Å². The van der Waals surface area contributed by atoms with Crippen LogP contribution in [0.5, 0.6) is 0 Å². The van der Waals surface area contributed by atoms with Crippen molar-refractivity contribution >= 4 is 11.9 Å². The molecule has 0 unspecified atom stereocenters. The molecular formula is C17H33N2NaO3. The Morgan fingerprint density at radius 2 is 1.43 bits per heavy atom. The van der Waals surface area contributed by atoms with Crippen LogP contribution in [-0.4, -0.2) is 24.5 Å². The van der Waals surface area contributed by atoms with Crippen molar-refractivity contribution < 1.29 is 44.3 Å². The van der Waals surface area contributed by atoms with Crippen molar-refractivity contribution in [2.24, 2.45) is 5.73 Å². The largest absolute Gasteiger partial charge is 1.00 e. The Kier molecular flexibility index (Phi) is 19.9. The minimum Gasteiger partial charge on any atom is -0.548 e. The maximum Gasteiger partial charge on any atom is 1.00 e. The molecule has 0 heterocycles. The van der Waals surface area contributed by atoms with Crippen LogP contribution < -0.4 is 45.7 Å². The fraction of sp³-hybridized carbons (Fsp3) is 0.882. The van der Waals surface area contributed by atoms with Crippen molar-refractivity contribution in [1.82, 2.24) is 5.32 Å². The molecule has 0 rings (SSSR count). The number of nitrogens with one attached hydrogen (secondary N) is 1. The van der Waals surface area contributed by atoms with Crippen molar-refractivity contribution in [3.8, 4) is 0 Å². The van der Waals surface area contributed by atoms with Crippen LogP contribution in [0.1, 0.15) is 84.0 Å². The predicted octanol–water partition coefficient (Wildman–Crippen LogP) is -1.12. The number of carbonyl (C=O) groups excluding carboxylic acids is 2. The van der Waals surface area contributed by atoms with Gasteiger partial charge in [-0.2, -0.15) is 0 Å². The first-order chi connectivity index (χ1) is 10.6. The Balaban J connectivity index is 0. The van der Waals surface area contributed by atoms with Crippen LogP contribution in [0.4, 0.5) is 0 Å². The van der Waals surface area contributed by atoms with Gasteiger partial charge in [-0.25, -0.2) is 0 Å². The summed E-state index contributed by atoms with van der Waals surface area (Å²) in [4.78, 5) is 21.6. The first-order valence-corrected chi connectivity index (χ1v) is 8.80. The Morgan fingerprint density at radius 3 is 1.87 bits per heavy atom. The van der Waals surface area contributed by atoms with Crippen LogP contribution in [0.15, 0.2) is 0 Å². The molecule has 0 aromatic heterocycles. The second-order valence-electron chi connectivity index (χ2n) is 6.01. The smallest absolute Gasteiger partial charge is 0.548 e. The molecular weight excluding hydrogens is 303 g/mol. The fourth-order valence-corrected chi connectivity index (χ4v) is 2.48. The van der Waals surface area contributed by atoms with E-state index in [1.165, 1.54) is 51.4 Å². The Labute approximate surface area is 163 Å². The molecule has 0 bridgehead atoms. The molecule has 0 saturated carbocycles. The quantitative estimate of drug-likeness (QED) is 0.276. The Bertz CT molecular complexity index is 302. The van der Waals surface area contributed by atoms with Gasteiger partial charge in [-0.15, -0.1) is 0 Å². The van der Waals surface area contributed by atoms with Gasteiger partial charge >= 0.3 is 29.6 Å². The molecule has 0 radical (unpaired) electrons. The van der Waals surface area contributed by atoms with E-state index in [9.17, 15) is 14.7 Å². The van der Waals surface area contributed by atoms with E-state index in [0.29, 0.717) is 6.54 Å². The van der Waals surface area contributed by atoms with Crippen LogP contribution in [0.2, 0.25) is 0 Å². The molecule has 0 fully saturated rings. The maximum absolute atomic E-state index is 10.9. The van der Waals surface area contributed by atoms with Gasteiger partial charge in [0.25, 0.3) is 0 Å². The number of hydrogen-bond donors (Lipinski definition) is 2. The van der Waals surface area contributed by atoms with Gasteiger partial charge in [-0.1, -0.05) is 64.7 Å². The summed E-state index contributed by atoms with van der Waals surface area (Å²) in [5.41, 5.74) is 5.02. The van der Waals surface area contributed by atoms with Gasteiger partial charge in [0, 0.05) is 12.5 Å². The van der Waals surface area contributed by atoms with Crippen LogP contribution in [0.3, 0.4) is 0 Å². The summed E-state index contributed by atoms with van der Waals surface area (Å²) >= 11 is 0. The van der Waals surface area contributed by atoms with Crippen LogP contribution in [0.25, 0.3) is 0 Å². The third kappa shape index (κ3) is 18.1. The van der Waals surface area contributed by atoms with Gasteiger partial charge < -0.3 is 21.0 Å². The normalized spacial score (nSPS) is 11.7. The van der Waals surface area contributed by atoms with E-state index < -0.39 is 17.9 Å². The topological polar surface area (TPSA) is 95.2 Å². The fourth-order valence-electron chi connectivity index (χ4n) is 2.48.